The van der Waals surface area contributed by atoms with Crippen molar-refractivity contribution in [1.29, 1.82) is 0 Å². The van der Waals surface area contributed by atoms with Gasteiger partial charge in [-0.2, -0.15) is 0 Å². The van der Waals surface area contributed by atoms with Crippen molar-refractivity contribution in [3.63, 3.8) is 0 Å². The van der Waals surface area contributed by atoms with E-state index in [2.05, 4.69) is 26.6 Å². The monoisotopic (exact) mass is 572 g/mol. The number of nitrogens with one attached hydrogen (secondary N) is 2. The third-order valence-corrected chi connectivity index (χ3v) is 7.59. The van der Waals surface area contributed by atoms with Gasteiger partial charge in [0.2, 0.25) is 11.8 Å². The first-order chi connectivity index (χ1) is 19.7. The predicted molar refractivity (Wildman–Crippen MR) is 153 cm³/mol. The average Bonchev–Trinajstić information content (AvgIpc) is 2.96. The van der Waals surface area contributed by atoms with Gasteiger partial charge in [-0.3, -0.25) is 14.5 Å². The van der Waals surface area contributed by atoms with Gasteiger partial charge in [0.05, 0.1) is 12.6 Å². The maximum atomic E-state index is 14.3. The van der Waals surface area contributed by atoms with E-state index in [0.29, 0.717) is 22.9 Å². The predicted octanol–water partition coefficient (Wildman–Crippen LogP) is 6.18. The number of carbonyl (C=O) groups excluding carboxylic acids is 1. The third kappa shape index (κ3) is 5.75. The number of amides is 1. The molecule has 11 heteroatoms. The Bertz CT molecular complexity index is 1910. The number of rotatable bonds is 8. The summed E-state index contributed by atoms with van der Waals surface area (Å²) in [7, 11) is -3.12. The van der Waals surface area contributed by atoms with E-state index >= 15 is 0 Å². The number of sulfonamides is 1. The van der Waals surface area contributed by atoms with Crippen molar-refractivity contribution < 1.29 is 26.7 Å². The minimum atomic E-state index is -4.44. The second kappa shape index (κ2) is 11.1. The van der Waals surface area contributed by atoms with Gasteiger partial charge in [-0.15, -0.1) is 0 Å². The number of carbonyl (C=O) groups is 1. The normalized spacial score (nSPS) is 11.2. The molecule has 0 aliphatic carbocycles. The van der Waals surface area contributed by atoms with Crippen LogP contribution in [0.1, 0.15) is 0 Å². The van der Waals surface area contributed by atoms with Crippen molar-refractivity contribution in [1.82, 2.24) is 9.97 Å². The van der Waals surface area contributed by atoms with Crippen molar-refractivity contribution >= 4 is 38.2 Å². The van der Waals surface area contributed by atoms with Crippen LogP contribution in [0, 0.1) is 11.6 Å². The number of aromatic nitrogens is 2. The first-order valence-electron chi connectivity index (χ1n) is 12.1. The molecule has 0 bridgehead atoms. The number of anilines is 2. The van der Waals surface area contributed by atoms with Crippen molar-refractivity contribution in [3.8, 4) is 28.1 Å². The van der Waals surface area contributed by atoms with Crippen LogP contribution in [0.15, 0.2) is 103 Å². The Morgan fingerprint density at radius 2 is 1.68 bits per heavy atom. The molecule has 41 heavy (non-hydrogen) atoms. The van der Waals surface area contributed by atoms with Crippen LogP contribution in [0.25, 0.3) is 33.2 Å². The van der Waals surface area contributed by atoms with Gasteiger partial charge >= 0.3 is 0 Å². The SMILES string of the molecule is C=CC(=O)Nc1ccc(-c2ccnc3ccc(-c4cnc(OC)c(NS(=O)(=O)c5ccc(F)cc5F)c4)cc23)cc1. The summed E-state index contributed by atoms with van der Waals surface area (Å²) in [5.74, 6) is -2.48. The molecule has 5 aromatic rings. The Morgan fingerprint density at radius 3 is 2.39 bits per heavy atom. The lowest BCUT2D eigenvalue weighted by Crippen LogP contribution is -2.15. The van der Waals surface area contributed by atoms with Crippen LogP contribution in [0.5, 0.6) is 5.88 Å². The van der Waals surface area contributed by atoms with Crippen molar-refractivity contribution in [2.45, 2.75) is 4.90 Å². The first kappa shape index (κ1) is 27.4. The summed E-state index contributed by atoms with van der Waals surface area (Å²) in [5, 5.41) is 3.53. The van der Waals surface area contributed by atoms with Gasteiger partial charge in [-0.1, -0.05) is 24.8 Å². The summed E-state index contributed by atoms with van der Waals surface area (Å²) >= 11 is 0. The lowest BCUT2D eigenvalue weighted by molar-refractivity contribution is -0.111. The number of benzene rings is 3. The molecule has 5 rings (SSSR count). The zero-order valence-electron chi connectivity index (χ0n) is 21.6. The standard InChI is InChI=1S/C30H22F2N4O4S/c1-3-29(37)35-22-8-4-18(5-9-22)23-12-13-33-26-10-6-19(14-24(23)26)20-15-27(30(40-2)34-17-20)36-41(38,39)28-11-7-21(31)16-25(28)32/h3-17,36H,1H2,2H3,(H,35,37). The molecule has 0 aliphatic rings. The van der Waals surface area contributed by atoms with Crippen LogP contribution in [0.2, 0.25) is 0 Å². The number of fused-ring (bicyclic) bond motifs is 1. The fraction of sp³-hybridized carbons (Fsp3) is 0.0333. The van der Waals surface area contributed by atoms with E-state index in [-0.39, 0.29) is 17.5 Å². The molecule has 0 fully saturated rings. The summed E-state index contributed by atoms with van der Waals surface area (Å²) in [5.41, 5.74) is 4.33. The van der Waals surface area contributed by atoms with E-state index < -0.39 is 26.6 Å². The van der Waals surface area contributed by atoms with Gasteiger partial charge in [0.15, 0.2) is 0 Å². The molecule has 2 heterocycles. The maximum Gasteiger partial charge on any atom is 0.264 e. The summed E-state index contributed by atoms with van der Waals surface area (Å²) in [6, 6.07) is 18.4. The van der Waals surface area contributed by atoms with Gasteiger partial charge in [-0.05, 0) is 71.3 Å². The Kier molecular flexibility index (Phi) is 7.45. The highest BCUT2D eigenvalue weighted by Crippen LogP contribution is 2.34. The molecule has 3 aromatic carbocycles. The highest BCUT2D eigenvalue weighted by Gasteiger charge is 2.22. The van der Waals surface area contributed by atoms with Gasteiger partial charge < -0.3 is 10.1 Å². The smallest absolute Gasteiger partial charge is 0.264 e. The second-order valence-corrected chi connectivity index (χ2v) is 10.5. The molecular formula is C30H22F2N4O4S. The minimum absolute atomic E-state index is 0.0302. The first-order valence-corrected chi connectivity index (χ1v) is 13.6. The van der Waals surface area contributed by atoms with Gasteiger partial charge in [0, 0.05) is 35.1 Å². The van der Waals surface area contributed by atoms with Crippen LogP contribution >= 0.6 is 0 Å². The highest BCUT2D eigenvalue weighted by molar-refractivity contribution is 7.92. The van der Waals surface area contributed by atoms with Crippen molar-refractivity contribution in [3.05, 3.63) is 109 Å². The average molecular weight is 573 g/mol. The second-order valence-electron chi connectivity index (χ2n) is 8.82. The number of ether oxygens (including phenoxy) is 1. The largest absolute Gasteiger partial charge is 0.480 e. The topological polar surface area (TPSA) is 110 Å². The number of methoxy groups -OCH3 is 1. The summed E-state index contributed by atoms with van der Waals surface area (Å²) in [6.45, 7) is 3.45. The van der Waals surface area contributed by atoms with Crippen LogP contribution in [-0.2, 0) is 14.8 Å². The highest BCUT2D eigenvalue weighted by atomic mass is 32.2. The number of hydrogen-bond acceptors (Lipinski definition) is 6. The molecule has 0 unspecified atom stereocenters. The zero-order chi connectivity index (χ0) is 29.1. The zero-order valence-corrected chi connectivity index (χ0v) is 22.4. The van der Waals surface area contributed by atoms with E-state index in [9.17, 15) is 22.0 Å². The molecule has 0 spiro atoms. The van der Waals surface area contributed by atoms with Gasteiger partial charge in [-0.25, -0.2) is 22.2 Å². The Labute approximate surface area is 234 Å². The molecule has 2 aromatic heterocycles. The molecular weight excluding hydrogens is 550 g/mol. The van der Waals surface area contributed by atoms with Gasteiger partial charge in [0.1, 0.15) is 22.2 Å². The molecule has 0 aliphatic heterocycles. The minimum Gasteiger partial charge on any atom is -0.480 e. The quantitative estimate of drug-likeness (QED) is 0.215. The van der Waals surface area contributed by atoms with E-state index in [0.717, 1.165) is 34.2 Å². The van der Waals surface area contributed by atoms with Crippen molar-refractivity contribution in [2.75, 3.05) is 17.1 Å². The van der Waals surface area contributed by atoms with Crippen LogP contribution < -0.4 is 14.8 Å². The van der Waals surface area contributed by atoms with Crippen LogP contribution in [0.4, 0.5) is 20.2 Å². The molecule has 2 N–H and O–H groups in total. The number of halogens is 2. The Hall–Kier alpha value is -5.16. The Balaban J connectivity index is 1.53. The summed E-state index contributed by atoms with van der Waals surface area (Å²) in [4.78, 5) is 19.6. The molecule has 0 saturated carbocycles. The van der Waals surface area contributed by atoms with Crippen LogP contribution in [0.3, 0.4) is 0 Å². The van der Waals surface area contributed by atoms with Gasteiger partial charge in [0.25, 0.3) is 10.0 Å². The van der Waals surface area contributed by atoms with Crippen molar-refractivity contribution in [2.24, 2.45) is 0 Å². The summed E-state index contributed by atoms with van der Waals surface area (Å²) in [6.07, 6.45) is 4.40. The molecule has 0 saturated heterocycles. The fourth-order valence-corrected chi connectivity index (χ4v) is 5.35. The molecule has 206 valence electrons. The lowest BCUT2D eigenvalue weighted by atomic mass is 9.97. The Morgan fingerprint density at radius 1 is 0.927 bits per heavy atom. The number of hydrogen-bond donors (Lipinski definition) is 2. The maximum absolute atomic E-state index is 14.3. The van der Waals surface area contributed by atoms with E-state index in [1.165, 1.54) is 25.4 Å². The lowest BCUT2D eigenvalue weighted by Gasteiger charge is -2.14. The van der Waals surface area contributed by atoms with E-state index in [4.69, 9.17) is 4.74 Å². The molecule has 8 nitrogen and oxygen atoms in total. The third-order valence-electron chi connectivity index (χ3n) is 6.20. The van der Waals surface area contributed by atoms with E-state index in [1.807, 2.05) is 36.4 Å². The molecule has 0 radical (unpaired) electrons. The number of nitrogens with zero attached hydrogens (tertiary/aromatic N) is 2. The number of pyridine rings is 2. The molecule has 0 atom stereocenters. The van der Waals surface area contributed by atoms with Crippen LogP contribution in [-0.4, -0.2) is 31.4 Å². The fourth-order valence-electron chi connectivity index (χ4n) is 4.24. The summed E-state index contributed by atoms with van der Waals surface area (Å²) < 4.78 is 61.0. The molecule has 1 amide bonds. The van der Waals surface area contributed by atoms with E-state index in [1.54, 1.807) is 18.3 Å².